The Morgan fingerprint density at radius 3 is 2.33 bits per heavy atom. The predicted molar refractivity (Wildman–Crippen MR) is 118 cm³/mol. The van der Waals surface area contributed by atoms with E-state index in [2.05, 4.69) is 20.5 Å². The van der Waals surface area contributed by atoms with E-state index in [1.54, 1.807) is 12.4 Å². The van der Waals surface area contributed by atoms with Crippen LogP contribution in [0.15, 0.2) is 90.3 Å². The molecule has 0 aliphatic heterocycles. The van der Waals surface area contributed by atoms with Gasteiger partial charge >= 0.3 is 0 Å². The van der Waals surface area contributed by atoms with Crippen molar-refractivity contribution in [1.82, 2.24) is 25.1 Å². The van der Waals surface area contributed by atoms with Crippen molar-refractivity contribution in [2.24, 2.45) is 0 Å². The number of aromatic nitrogens is 4. The lowest BCUT2D eigenvalue weighted by molar-refractivity contribution is -0.119. The van der Waals surface area contributed by atoms with E-state index >= 15 is 0 Å². The third-order valence-electron chi connectivity index (χ3n) is 4.60. The number of pyridine rings is 1. The SMILES string of the molecule is CC(NC(=O)CSc1nnc(-c2ccccc2)n1-c1ccccc1)c1ccncc1. The monoisotopic (exact) mass is 415 g/mol. The average Bonchev–Trinajstić information content (AvgIpc) is 3.23. The van der Waals surface area contributed by atoms with E-state index in [4.69, 9.17) is 0 Å². The molecular weight excluding hydrogens is 394 g/mol. The van der Waals surface area contributed by atoms with E-state index in [9.17, 15) is 4.79 Å². The summed E-state index contributed by atoms with van der Waals surface area (Å²) in [6.07, 6.45) is 3.44. The van der Waals surface area contributed by atoms with E-state index < -0.39 is 0 Å². The molecule has 0 aliphatic rings. The Labute approximate surface area is 179 Å². The molecule has 1 atom stereocenters. The lowest BCUT2D eigenvalue weighted by Crippen LogP contribution is -2.28. The minimum atomic E-state index is -0.0898. The first-order chi connectivity index (χ1) is 14.7. The van der Waals surface area contributed by atoms with Gasteiger partial charge in [0.2, 0.25) is 5.91 Å². The number of carbonyl (C=O) groups excluding carboxylic acids is 1. The van der Waals surface area contributed by atoms with E-state index in [1.165, 1.54) is 11.8 Å². The van der Waals surface area contributed by atoms with Crippen LogP contribution >= 0.6 is 11.8 Å². The molecule has 0 bridgehead atoms. The van der Waals surface area contributed by atoms with Crippen LogP contribution in [0.25, 0.3) is 17.1 Å². The van der Waals surface area contributed by atoms with Gasteiger partial charge in [-0.05, 0) is 36.8 Å². The maximum atomic E-state index is 12.5. The van der Waals surface area contributed by atoms with Crippen molar-refractivity contribution < 1.29 is 4.79 Å². The van der Waals surface area contributed by atoms with Gasteiger partial charge in [-0.15, -0.1) is 10.2 Å². The standard InChI is InChI=1S/C23H21N5OS/c1-17(18-12-14-24-15-13-18)25-21(29)16-30-23-27-26-22(19-8-4-2-5-9-19)28(23)20-10-6-3-7-11-20/h2-15,17H,16H2,1H3,(H,25,29). The Kier molecular flexibility index (Phi) is 6.20. The van der Waals surface area contributed by atoms with Crippen molar-refractivity contribution in [3.8, 4) is 17.1 Å². The van der Waals surface area contributed by atoms with Crippen LogP contribution in [0.1, 0.15) is 18.5 Å². The van der Waals surface area contributed by atoms with Crippen LogP contribution in [0, 0.1) is 0 Å². The first-order valence-corrected chi connectivity index (χ1v) is 10.6. The number of amides is 1. The number of hydrogen-bond donors (Lipinski definition) is 1. The van der Waals surface area contributed by atoms with Gasteiger partial charge in [-0.3, -0.25) is 14.3 Å². The number of carbonyl (C=O) groups is 1. The fourth-order valence-electron chi connectivity index (χ4n) is 3.10. The summed E-state index contributed by atoms with van der Waals surface area (Å²) in [6.45, 7) is 1.96. The van der Waals surface area contributed by atoms with Gasteiger partial charge in [0.05, 0.1) is 11.8 Å². The zero-order chi connectivity index (χ0) is 20.8. The molecule has 4 rings (SSSR count). The Bertz CT molecular complexity index is 1100. The molecule has 0 saturated heterocycles. The number of benzene rings is 2. The molecule has 1 N–H and O–H groups in total. The van der Waals surface area contributed by atoms with Crippen molar-refractivity contribution in [1.29, 1.82) is 0 Å². The summed E-state index contributed by atoms with van der Waals surface area (Å²) >= 11 is 1.37. The van der Waals surface area contributed by atoms with Crippen molar-refractivity contribution >= 4 is 17.7 Å². The molecule has 2 heterocycles. The fourth-order valence-corrected chi connectivity index (χ4v) is 3.86. The van der Waals surface area contributed by atoms with Crippen molar-refractivity contribution in [3.63, 3.8) is 0 Å². The number of rotatable bonds is 7. The van der Waals surface area contributed by atoms with Crippen LogP contribution in [-0.2, 0) is 4.79 Å². The first-order valence-electron chi connectivity index (χ1n) is 9.60. The van der Waals surface area contributed by atoms with Gasteiger partial charge in [0, 0.05) is 23.6 Å². The van der Waals surface area contributed by atoms with E-state index in [0.717, 1.165) is 22.6 Å². The van der Waals surface area contributed by atoms with Crippen LogP contribution in [0.4, 0.5) is 0 Å². The van der Waals surface area contributed by atoms with Gasteiger partial charge in [-0.2, -0.15) is 0 Å². The van der Waals surface area contributed by atoms with Gasteiger partial charge < -0.3 is 5.32 Å². The highest BCUT2D eigenvalue weighted by Crippen LogP contribution is 2.27. The molecule has 0 aliphatic carbocycles. The summed E-state index contributed by atoms with van der Waals surface area (Å²) in [4.78, 5) is 16.5. The predicted octanol–water partition coefficient (Wildman–Crippen LogP) is 4.30. The van der Waals surface area contributed by atoms with Gasteiger partial charge in [-0.1, -0.05) is 60.3 Å². The van der Waals surface area contributed by atoms with Crippen molar-refractivity contribution in [2.75, 3.05) is 5.75 Å². The molecule has 6 nitrogen and oxygen atoms in total. The molecule has 4 aromatic rings. The van der Waals surface area contributed by atoms with Crippen LogP contribution in [-0.4, -0.2) is 31.4 Å². The van der Waals surface area contributed by atoms with Crippen molar-refractivity contribution in [2.45, 2.75) is 18.1 Å². The summed E-state index contributed by atoms with van der Waals surface area (Å²) in [5.74, 6) is 0.929. The highest BCUT2D eigenvalue weighted by Gasteiger charge is 2.17. The molecule has 150 valence electrons. The Hall–Kier alpha value is -3.45. The highest BCUT2D eigenvalue weighted by atomic mass is 32.2. The van der Waals surface area contributed by atoms with Crippen LogP contribution in [0.2, 0.25) is 0 Å². The summed E-state index contributed by atoms with van der Waals surface area (Å²) < 4.78 is 1.99. The molecule has 0 fully saturated rings. The highest BCUT2D eigenvalue weighted by molar-refractivity contribution is 7.99. The normalized spacial score (nSPS) is 11.8. The number of nitrogens with one attached hydrogen (secondary N) is 1. The topological polar surface area (TPSA) is 72.7 Å². The third-order valence-corrected chi connectivity index (χ3v) is 5.52. The van der Waals surface area contributed by atoms with Gasteiger partial charge in [-0.25, -0.2) is 0 Å². The van der Waals surface area contributed by atoms with Gasteiger partial charge in [0.1, 0.15) is 0 Å². The molecule has 0 radical (unpaired) electrons. The summed E-state index contributed by atoms with van der Waals surface area (Å²) in [5, 5.41) is 12.5. The van der Waals surface area contributed by atoms with Gasteiger partial charge in [0.25, 0.3) is 0 Å². The minimum absolute atomic E-state index is 0.0619. The molecule has 0 saturated carbocycles. The Balaban J connectivity index is 1.53. The fraction of sp³-hybridized carbons (Fsp3) is 0.130. The second-order valence-electron chi connectivity index (χ2n) is 6.70. The maximum Gasteiger partial charge on any atom is 0.230 e. The van der Waals surface area contributed by atoms with Gasteiger partial charge in [0.15, 0.2) is 11.0 Å². The van der Waals surface area contributed by atoms with E-state index in [-0.39, 0.29) is 17.7 Å². The second kappa shape index (κ2) is 9.37. The van der Waals surface area contributed by atoms with E-state index in [1.807, 2.05) is 84.3 Å². The molecule has 2 aromatic carbocycles. The van der Waals surface area contributed by atoms with Crippen LogP contribution in [0.5, 0.6) is 0 Å². The first kappa shape index (κ1) is 19.8. The maximum absolute atomic E-state index is 12.5. The lowest BCUT2D eigenvalue weighted by atomic mass is 10.1. The average molecular weight is 416 g/mol. The zero-order valence-corrected chi connectivity index (χ0v) is 17.3. The molecule has 0 spiro atoms. The minimum Gasteiger partial charge on any atom is -0.349 e. The Morgan fingerprint density at radius 1 is 0.967 bits per heavy atom. The van der Waals surface area contributed by atoms with Crippen LogP contribution in [0.3, 0.4) is 0 Å². The summed E-state index contributed by atoms with van der Waals surface area (Å²) in [7, 11) is 0. The number of nitrogens with zero attached hydrogens (tertiary/aromatic N) is 4. The molecular formula is C23H21N5OS. The molecule has 7 heteroatoms. The number of para-hydroxylation sites is 1. The largest absolute Gasteiger partial charge is 0.349 e. The quantitative estimate of drug-likeness (QED) is 0.456. The second-order valence-corrected chi connectivity index (χ2v) is 7.64. The molecule has 2 aromatic heterocycles. The number of hydrogen-bond acceptors (Lipinski definition) is 5. The third kappa shape index (κ3) is 4.58. The molecule has 1 unspecified atom stereocenters. The molecule has 1 amide bonds. The van der Waals surface area contributed by atoms with Crippen molar-refractivity contribution in [3.05, 3.63) is 90.8 Å². The lowest BCUT2D eigenvalue weighted by Gasteiger charge is -2.14. The summed E-state index contributed by atoms with van der Waals surface area (Å²) in [5.41, 5.74) is 2.94. The zero-order valence-electron chi connectivity index (χ0n) is 16.5. The number of thioether (sulfide) groups is 1. The van der Waals surface area contributed by atoms with E-state index in [0.29, 0.717) is 5.16 Å². The van der Waals surface area contributed by atoms with Crippen LogP contribution < -0.4 is 5.32 Å². The summed E-state index contributed by atoms with van der Waals surface area (Å²) in [6, 6.07) is 23.6. The smallest absolute Gasteiger partial charge is 0.230 e. The Morgan fingerprint density at radius 2 is 1.63 bits per heavy atom. The molecule has 30 heavy (non-hydrogen) atoms.